The van der Waals surface area contributed by atoms with Crippen molar-refractivity contribution in [2.45, 2.75) is 24.6 Å². The van der Waals surface area contributed by atoms with Crippen LogP contribution < -0.4 is 10.1 Å². The Bertz CT molecular complexity index is 1290. The monoisotopic (exact) mass is 532 g/mol. The number of amides is 1. The molecule has 0 radical (unpaired) electrons. The second kappa shape index (κ2) is 10.2. The Balaban J connectivity index is 1.79. The van der Waals surface area contributed by atoms with Gasteiger partial charge in [0, 0.05) is 28.7 Å². The van der Waals surface area contributed by atoms with Crippen LogP contribution in [0.4, 0.5) is 18.9 Å². The lowest BCUT2D eigenvalue weighted by molar-refractivity contribution is -0.274. The smallest absolute Gasteiger partial charge is 0.405 e. The number of hydrogen-bond acceptors (Lipinski definition) is 5. The van der Waals surface area contributed by atoms with Crippen LogP contribution in [0.1, 0.15) is 12.6 Å². The minimum Gasteiger partial charge on any atom is -0.405 e. The highest BCUT2D eigenvalue weighted by Crippen LogP contribution is 2.42. The molecule has 180 valence electrons. The molecule has 1 heterocycles. The number of carbonyl (C=O) groups is 1. The van der Waals surface area contributed by atoms with Crippen molar-refractivity contribution >= 4 is 44.6 Å². The maximum Gasteiger partial charge on any atom is 0.573 e. The fourth-order valence-electron chi connectivity index (χ4n) is 3.03. The molecule has 0 saturated carbocycles. The summed E-state index contributed by atoms with van der Waals surface area (Å²) in [6, 6.07) is 10.9. The molecule has 0 aliphatic carbocycles. The number of halogens is 5. The van der Waals surface area contributed by atoms with Crippen LogP contribution >= 0.6 is 23.2 Å². The summed E-state index contributed by atoms with van der Waals surface area (Å²) in [5, 5.41) is 2.57. The van der Waals surface area contributed by atoms with E-state index < -0.39 is 27.9 Å². The molecule has 3 rings (SSSR count). The molecule has 1 N–H and O–H groups in total. The summed E-state index contributed by atoms with van der Waals surface area (Å²) in [6.45, 7) is 1.51. The molecule has 0 atom stereocenters. The van der Waals surface area contributed by atoms with Crippen LogP contribution in [-0.2, 0) is 21.1 Å². The molecule has 0 fully saturated rings. The van der Waals surface area contributed by atoms with Crippen LogP contribution in [-0.4, -0.2) is 31.4 Å². The molecule has 12 heteroatoms. The molecule has 6 nitrogen and oxygen atoms in total. The normalized spacial score (nSPS) is 11.8. The van der Waals surface area contributed by atoms with E-state index in [-0.39, 0.29) is 43.9 Å². The van der Waals surface area contributed by atoms with E-state index in [1.807, 2.05) is 0 Å². The minimum atomic E-state index is -4.91. The number of nitrogens with one attached hydrogen (secondary N) is 1. The quantitative estimate of drug-likeness (QED) is 0.407. The third-order valence-electron chi connectivity index (χ3n) is 4.59. The summed E-state index contributed by atoms with van der Waals surface area (Å²) >= 11 is 12.6. The van der Waals surface area contributed by atoms with E-state index in [2.05, 4.69) is 15.0 Å². The minimum absolute atomic E-state index is 0.00623. The van der Waals surface area contributed by atoms with Gasteiger partial charge in [-0.2, -0.15) is 0 Å². The number of sulfone groups is 1. The number of nitrogens with zero attached hydrogens (tertiary/aromatic N) is 1. The number of hydrogen-bond donors (Lipinski definition) is 1. The largest absolute Gasteiger partial charge is 0.573 e. The van der Waals surface area contributed by atoms with Gasteiger partial charge in [-0.1, -0.05) is 48.3 Å². The van der Waals surface area contributed by atoms with Crippen LogP contribution in [0.25, 0.3) is 11.1 Å². The van der Waals surface area contributed by atoms with Crippen LogP contribution in [0.2, 0.25) is 10.0 Å². The Morgan fingerprint density at radius 1 is 1.09 bits per heavy atom. The highest BCUT2D eigenvalue weighted by atomic mass is 35.5. The van der Waals surface area contributed by atoms with E-state index in [0.29, 0.717) is 5.69 Å². The first-order valence-corrected chi connectivity index (χ1v) is 12.1. The maximum absolute atomic E-state index is 12.8. The lowest BCUT2D eigenvalue weighted by atomic mass is 10.0. The number of para-hydroxylation sites is 1. The van der Waals surface area contributed by atoms with Crippen LogP contribution in [0, 0.1) is 0 Å². The Morgan fingerprint density at radius 2 is 1.74 bits per heavy atom. The molecule has 2 aromatic carbocycles. The predicted octanol–water partition coefficient (Wildman–Crippen LogP) is 5.93. The summed E-state index contributed by atoms with van der Waals surface area (Å²) in [4.78, 5) is 16.5. The van der Waals surface area contributed by atoms with Gasteiger partial charge in [-0.05, 0) is 30.3 Å². The highest BCUT2D eigenvalue weighted by Gasteiger charge is 2.32. The fourth-order valence-corrected chi connectivity index (χ4v) is 4.54. The average molecular weight is 533 g/mol. The third-order valence-corrected chi connectivity index (χ3v) is 6.90. The van der Waals surface area contributed by atoms with Gasteiger partial charge in [0.15, 0.2) is 9.84 Å². The van der Waals surface area contributed by atoms with Crippen LogP contribution in [0.15, 0.2) is 59.6 Å². The van der Waals surface area contributed by atoms with Crippen molar-refractivity contribution in [3.63, 3.8) is 0 Å². The van der Waals surface area contributed by atoms with Gasteiger partial charge in [-0.25, -0.2) is 8.42 Å². The van der Waals surface area contributed by atoms with Crippen molar-refractivity contribution in [3.8, 4) is 16.9 Å². The maximum atomic E-state index is 12.8. The zero-order valence-corrected chi connectivity index (χ0v) is 19.8. The molecular formula is C22H17Cl2F3N2O4S. The zero-order chi connectivity index (χ0) is 25.1. The second-order valence-electron chi connectivity index (χ2n) is 6.97. The SMILES string of the molecule is CCS(=O)(=O)c1ccc(CC(=O)Nc2cc(Cl)c(-c3ccccc3OC(F)(F)F)c(Cl)c2)nc1. The number of alkyl halides is 3. The van der Waals surface area contributed by atoms with Gasteiger partial charge in [-0.15, -0.1) is 13.2 Å². The topological polar surface area (TPSA) is 85.4 Å². The standard InChI is InChI=1S/C22H17Cl2F3N2O4S/c1-2-34(31,32)15-8-7-13(28-12-15)11-20(30)29-14-9-17(23)21(18(24)10-14)16-5-3-4-6-19(16)33-22(25,26)27/h3-10,12H,2,11H2,1H3,(H,29,30). The molecule has 1 amide bonds. The lowest BCUT2D eigenvalue weighted by Gasteiger charge is -2.16. The molecule has 0 spiro atoms. The number of rotatable bonds is 7. The van der Waals surface area contributed by atoms with E-state index in [4.69, 9.17) is 23.2 Å². The Kier molecular flexibility index (Phi) is 7.74. The summed E-state index contributed by atoms with van der Waals surface area (Å²) < 4.78 is 66.0. The number of pyridine rings is 1. The lowest BCUT2D eigenvalue weighted by Crippen LogP contribution is -2.17. The van der Waals surface area contributed by atoms with E-state index in [9.17, 15) is 26.4 Å². The van der Waals surface area contributed by atoms with Gasteiger partial charge in [0.2, 0.25) is 5.91 Å². The van der Waals surface area contributed by atoms with Gasteiger partial charge < -0.3 is 10.1 Å². The molecule has 1 aromatic heterocycles. The summed E-state index contributed by atoms with van der Waals surface area (Å²) in [6.07, 6.45) is -3.88. The van der Waals surface area contributed by atoms with Gasteiger partial charge in [0.25, 0.3) is 0 Å². The number of benzene rings is 2. The van der Waals surface area contributed by atoms with Gasteiger partial charge in [0.05, 0.1) is 27.1 Å². The molecule has 0 aliphatic rings. The average Bonchev–Trinajstić information content (AvgIpc) is 2.73. The molecule has 34 heavy (non-hydrogen) atoms. The molecule has 0 unspecified atom stereocenters. The Labute approximate surface area is 203 Å². The third kappa shape index (κ3) is 6.40. The Hall–Kier alpha value is -2.82. The predicted molar refractivity (Wildman–Crippen MR) is 123 cm³/mol. The first-order chi connectivity index (χ1) is 15.9. The van der Waals surface area contributed by atoms with E-state index in [1.54, 1.807) is 0 Å². The molecule has 0 saturated heterocycles. The van der Waals surface area contributed by atoms with Crippen molar-refractivity contribution in [2.24, 2.45) is 0 Å². The van der Waals surface area contributed by atoms with Crippen molar-refractivity contribution < 1.29 is 31.1 Å². The van der Waals surface area contributed by atoms with Crippen LogP contribution in [0.5, 0.6) is 5.75 Å². The van der Waals surface area contributed by atoms with Crippen molar-refractivity contribution in [1.29, 1.82) is 0 Å². The van der Waals surface area contributed by atoms with E-state index >= 15 is 0 Å². The first-order valence-electron chi connectivity index (χ1n) is 9.71. The fraction of sp³-hybridized carbons (Fsp3) is 0.182. The molecule has 0 bridgehead atoms. The van der Waals surface area contributed by atoms with E-state index in [0.717, 1.165) is 6.07 Å². The molecule has 0 aliphatic heterocycles. The number of aromatic nitrogens is 1. The highest BCUT2D eigenvalue weighted by molar-refractivity contribution is 7.91. The van der Waals surface area contributed by atoms with Crippen molar-refractivity contribution in [1.82, 2.24) is 4.98 Å². The summed E-state index contributed by atoms with van der Waals surface area (Å²) in [5.74, 6) is -1.03. The number of anilines is 1. The van der Waals surface area contributed by atoms with Gasteiger partial charge >= 0.3 is 6.36 Å². The van der Waals surface area contributed by atoms with Gasteiger partial charge in [-0.3, -0.25) is 9.78 Å². The Morgan fingerprint density at radius 3 is 2.29 bits per heavy atom. The van der Waals surface area contributed by atoms with E-state index in [1.165, 1.54) is 55.6 Å². The van der Waals surface area contributed by atoms with Crippen molar-refractivity contribution in [2.75, 3.05) is 11.1 Å². The zero-order valence-electron chi connectivity index (χ0n) is 17.5. The molecule has 3 aromatic rings. The summed E-state index contributed by atoms with van der Waals surface area (Å²) in [5.41, 5.74) is 0.678. The number of carbonyl (C=O) groups excluding carboxylic acids is 1. The van der Waals surface area contributed by atoms with Gasteiger partial charge in [0.1, 0.15) is 5.75 Å². The van der Waals surface area contributed by atoms with Crippen LogP contribution in [0.3, 0.4) is 0 Å². The van der Waals surface area contributed by atoms with Crippen molar-refractivity contribution in [3.05, 3.63) is 70.5 Å². The number of ether oxygens (including phenoxy) is 1. The first kappa shape index (κ1) is 25.8. The second-order valence-corrected chi connectivity index (χ2v) is 10.1. The molecular weight excluding hydrogens is 516 g/mol. The summed E-state index contributed by atoms with van der Waals surface area (Å²) in [7, 11) is -3.41.